The Morgan fingerprint density at radius 1 is 1.05 bits per heavy atom. The van der Waals surface area contributed by atoms with Crippen LogP contribution in [0.4, 0.5) is 10.6 Å². The fourth-order valence-corrected chi connectivity index (χ4v) is 6.34. The maximum absolute atomic E-state index is 13.6. The highest BCUT2D eigenvalue weighted by molar-refractivity contribution is 7.98. The zero-order chi connectivity index (χ0) is 28.4. The predicted octanol–water partition coefficient (Wildman–Crippen LogP) is 3.08. The fraction of sp³-hybridized carbons (Fsp3) is 0.741. The van der Waals surface area contributed by atoms with Gasteiger partial charge in [0.2, 0.25) is 0 Å². The smallest absolute Gasteiger partial charge is 0.410 e. The van der Waals surface area contributed by atoms with E-state index in [0.717, 1.165) is 25.9 Å². The predicted molar refractivity (Wildman–Crippen MR) is 152 cm³/mol. The highest BCUT2D eigenvalue weighted by Crippen LogP contribution is 2.38. The van der Waals surface area contributed by atoms with Crippen molar-refractivity contribution in [2.75, 3.05) is 43.9 Å². The molecule has 0 spiro atoms. The van der Waals surface area contributed by atoms with E-state index in [-0.39, 0.29) is 5.82 Å². The molecule has 3 saturated heterocycles. The number of amides is 1. The Morgan fingerprint density at radius 2 is 1.77 bits per heavy atom. The summed E-state index contributed by atoms with van der Waals surface area (Å²) >= 11 is 1.56. The number of carbonyl (C=O) groups is 2. The van der Waals surface area contributed by atoms with Gasteiger partial charge < -0.3 is 29.7 Å². The van der Waals surface area contributed by atoms with Crippen molar-refractivity contribution >= 4 is 40.8 Å². The van der Waals surface area contributed by atoms with E-state index in [1.165, 1.54) is 25.6 Å². The van der Waals surface area contributed by atoms with Crippen LogP contribution in [0, 0.1) is 5.41 Å². The third kappa shape index (κ3) is 6.01. The van der Waals surface area contributed by atoms with Crippen molar-refractivity contribution in [3.8, 4) is 0 Å². The second kappa shape index (κ2) is 12.1. The molecule has 5 rings (SSSR count). The third-order valence-electron chi connectivity index (χ3n) is 8.00. The maximum Gasteiger partial charge on any atom is 0.410 e. The quantitative estimate of drug-likeness (QED) is 0.509. The lowest BCUT2D eigenvalue weighted by Crippen LogP contribution is -2.50. The number of anilines is 1. The van der Waals surface area contributed by atoms with Crippen LogP contribution >= 0.6 is 11.8 Å². The van der Waals surface area contributed by atoms with Gasteiger partial charge in [-0.2, -0.15) is 11.8 Å². The van der Waals surface area contributed by atoms with Gasteiger partial charge in [-0.15, -0.1) is 0 Å². The Hall–Kier alpha value is -2.64. The Balaban J connectivity index is 1.38. The minimum absolute atomic E-state index is 0.239. The van der Waals surface area contributed by atoms with Crippen LogP contribution in [-0.2, 0) is 19.0 Å². The molecule has 0 bridgehead atoms. The standard InChI is InChI=1S/C27H41N7O5S/c1-27(2,3)25(35)38-20-18(14-40-4)37-24(34-16-31-19-22(28)29-15-30-23(19)34)21(20)39-26(36)33-12-8-17(9-13-33)32-10-6-5-7-11-32/h15-18,20-21,24H,5-14H2,1-4H3,(H2,28,29,30)/t18-,20-,21-,24-/m1/s1. The fourth-order valence-electron chi connectivity index (χ4n) is 5.74. The van der Waals surface area contributed by atoms with Crippen molar-refractivity contribution in [2.24, 2.45) is 5.41 Å². The van der Waals surface area contributed by atoms with E-state index in [2.05, 4.69) is 19.9 Å². The molecule has 3 aliphatic rings. The van der Waals surface area contributed by atoms with Gasteiger partial charge in [0.1, 0.15) is 17.9 Å². The normalized spacial score (nSPS) is 26.8. The summed E-state index contributed by atoms with van der Waals surface area (Å²) in [6, 6.07) is 0.501. The maximum atomic E-state index is 13.6. The van der Waals surface area contributed by atoms with Crippen LogP contribution in [0.5, 0.6) is 0 Å². The number of nitrogens with two attached hydrogens (primary N) is 1. The lowest BCUT2D eigenvalue weighted by molar-refractivity contribution is -0.165. The number of hydrogen-bond acceptors (Lipinski definition) is 11. The van der Waals surface area contributed by atoms with Crippen LogP contribution in [0.2, 0.25) is 0 Å². The number of aromatic nitrogens is 4. The first-order valence-corrected chi connectivity index (χ1v) is 15.5. The van der Waals surface area contributed by atoms with Crippen LogP contribution < -0.4 is 5.73 Å². The summed E-state index contributed by atoms with van der Waals surface area (Å²) in [7, 11) is 0. The molecule has 0 radical (unpaired) electrons. The number of thioether (sulfide) groups is 1. The molecule has 220 valence electrons. The average Bonchev–Trinajstić information content (AvgIpc) is 3.51. The van der Waals surface area contributed by atoms with Crippen LogP contribution in [0.15, 0.2) is 12.7 Å². The molecule has 3 fully saturated rings. The first-order chi connectivity index (χ1) is 19.2. The molecule has 2 aromatic heterocycles. The van der Waals surface area contributed by atoms with Gasteiger partial charge in [0.15, 0.2) is 29.9 Å². The van der Waals surface area contributed by atoms with Crippen LogP contribution in [0.1, 0.15) is 59.1 Å². The number of nitrogen functional groups attached to an aromatic ring is 1. The minimum Gasteiger partial charge on any atom is -0.455 e. The van der Waals surface area contributed by atoms with Gasteiger partial charge in [-0.3, -0.25) is 9.36 Å². The molecule has 5 heterocycles. The van der Waals surface area contributed by atoms with E-state index < -0.39 is 42.0 Å². The Kier molecular flexibility index (Phi) is 8.72. The number of fused-ring (bicyclic) bond motifs is 1. The van der Waals surface area contributed by atoms with Gasteiger partial charge in [0.25, 0.3) is 0 Å². The Labute approximate surface area is 239 Å². The van der Waals surface area contributed by atoms with Crippen molar-refractivity contribution in [3.63, 3.8) is 0 Å². The van der Waals surface area contributed by atoms with E-state index in [0.29, 0.717) is 36.0 Å². The first-order valence-electron chi connectivity index (χ1n) is 14.2. The molecule has 13 heteroatoms. The van der Waals surface area contributed by atoms with E-state index in [1.54, 1.807) is 48.3 Å². The second-order valence-corrected chi connectivity index (χ2v) is 12.8. The molecule has 1 amide bonds. The molecule has 0 aliphatic carbocycles. The number of hydrogen-bond donors (Lipinski definition) is 1. The number of piperidine rings is 2. The van der Waals surface area contributed by atoms with Crippen molar-refractivity contribution in [2.45, 2.75) is 83.5 Å². The molecule has 0 saturated carbocycles. The number of ether oxygens (including phenoxy) is 3. The molecule has 3 aliphatic heterocycles. The first kappa shape index (κ1) is 28.9. The lowest BCUT2D eigenvalue weighted by atomic mass is 9.97. The number of carbonyl (C=O) groups excluding carboxylic acids is 2. The molecule has 12 nitrogen and oxygen atoms in total. The number of likely N-dealkylation sites (tertiary alicyclic amines) is 2. The number of esters is 1. The molecule has 0 unspecified atom stereocenters. The van der Waals surface area contributed by atoms with Gasteiger partial charge >= 0.3 is 12.1 Å². The van der Waals surface area contributed by atoms with Gasteiger partial charge in [-0.1, -0.05) is 6.42 Å². The molecular weight excluding hydrogens is 534 g/mol. The summed E-state index contributed by atoms with van der Waals surface area (Å²) in [6.07, 6.45) is 7.00. The average molecular weight is 576 g/mol. The van der Waals surface area contributed by atoms with Crippen LogP contribution in [0.3, 0.4) is 0 Å². The summed E-state index contributed by atoms with van der Waals surface area (Å²) in [5.41, 5.74) is 6.16. The molecule has 4 atom stereocenters. The lowest BCUT2D eigenvalue weighted by Gasteiger charge is -2.40. The molecule has 40 heavy (non-hydrogen) atoms. The van der Waals surface area contributed by atoms with Crippen molar-refractivity contribution < 1.29 is 23.8 Å². The molecular formula is C27H41N7O5S. The van der Waals surface area contributed by atoms with E-state index >= 15 is 0 Å². The largest absolute Gasteiger partial charge is 0.455 e. The van der Waals surface area contributed by atoms with Gasteiger partial charge in [0, 0.05) is 24.9 Å². The van der Waals surface area contributed by atoms with Gasteiger partial charge in [-0.05, 0) is 65.8 Å². The highest BCUT2D eigenvalue weighted by Gasteiger charge is 2.52. The highest BCUT2D eigenvalue weighted by atomic mass is 32.2. The number of nitrogens with zero attached hydrogens (tertiary/aromatic N) is 6. The summed E-state index contributed by atoms with van der Waals surface area (Å²) in [5, 5.41) is 0. The zero-order valence-corrected chi connectivity index (χ0v) is 24.6. The molecule has 0 aromatic carbocycles. The summed E-state index contributed by atoms with van der Waals surface area (Å²) in [6.45, 7) is 8.91. The summed E-state index contributed by atoms with van der Waals surface area (Å²) in [5.74, 6) is 0.388. The van der Waals surface area contributed by atoms with Crippen LogP contribution in [-0.4, -0.2) is 104 Å². The zero-order valence-electron chi connectivity index (χ0n) is 23.8. The van der Waals surface area contributed by atoms with Crippen molar-refractivity contribution in [3.05, 3.63) is 12.7 Å². The van der Waals surface area contributed by atoms with Crippen LogP contribution in [0.25, 0.3) is 11.2 Å². The Bertz CT molecular complexity index is 1190. The second-order valence-electron chi connectivity index (χ2n) is 11.9. The van der Waals surface area contributed by atoms with Crippen molar-refractivity contribution in [1.29, 1.82) is 0 Å². The molecule has 2 N–H and O–H groups in total. The van der Waals surface area contributed by atoms with E-state index in [4.69, 9.17) is 19.9 Å². The SMILES string of the molecule is CSC[C@H]1O[C@@H](n2cnc3c(N)ncnc32)[C@H](OC(=O)N2CCC(N3CCCCC3)CC2)[C@@H]1OC(=O)C(C)(C)C. The van der Waals surface area contributed by atoms with Crippen molar-refractivity contribution in [1.82, 2.24) is 29.3 Å². The topological polar surface area (TPSA) is 138 Å². The summed E-state index contributed by atoms with van der Waals surface area (Å²) in [4.78, 5) is 43.7. The minimum atomic E-state index is -0.913. The van der Waals surface area contributed by atoms with E-state index in [9.17, 15) is 9.59 Å². The number of rotatable bonds is 6. The monoisotopic (exact) mass is 575 g/mol. The van der Waals surface area contributed by atoms with Gasteiger partial charge in [0.05, 0.1) is 11.7 Å². The summed E-state index contributed by atoms with van der Waals surface area (Å²) < 4.78 is 20.3. The Morgan fingerprint density at radius 3 is 2.45 bits per heavy atom. The molecule has 2 aromatic rings. The number of imidazole rings is 1. The third-order valence-corrected chi connectivity index (χ3v) is 8.66. The van der Waals surface area contributed by atoms with Gasteiger partial charge in [-0.25, -0.2) is 19.7 Å². The van der Waals surface area contributed by atoms with E-state index in [1.807, 2.05) is 6.26 Å².